The molecule has 0 aliphatic carbocycles. The fourth-order valence-electron chi connectivity index (χ4n) is 0.786. The Morgan fingerprint density at radius 1 is 1.64 bits per heavy atom. The van der Waals surface area contributed by atoms with Gasteiger partial charge >= 0.3 is 6.03 Å². The van der Waals surface area contributed by atoms with Crippen LogP contribution in [-0.4, -0.2) is 12.2 Å². The van der Waals surface area contributed by atoms with Crippen molar-refractivity contribution >= 4 is 28.2 Å². The maximum absolute atomic E-state index is 12.9. The van der Waals surface area contributed by atoms with Crippen LogP contribution in [0.25, 0.3) is 0 Å². The van der Waals surface area contributed by atoms with Gasteiger partial charge in [-0.3, -0.25) is 0 Å². The van der Waals surface area contributed by atoms with Gasteiger partial charge in [0.05, 0.1) is 10.7 Å². The number of carbonyl (C=O) groups is 1. The summed E-state index contributed by atoms with van der Waals surface area (Å²) < 4.78 is 13.2. The lowest BCUT2D eigenvalue weighted by atomic mass is 10.2. The fraction of sp³-hybridized carbons (Fsp3) is 0. The van der Waals surface area contributed by atoms with E-state index in [1.807, 2.05) is 5.43 Å². The van der Waals surface area contributed by atoms with Gasteiger partial charge < -0.3 is 5.73 Å². The van der Waals surface area contributed by atoms with Crippen molar-refractivity contribution in [1.29, 1.82) is 0 Å². The molecule has 3 N–H and O–H groups in total. The number of benzene rings is 1. The van der Waals surface area contributed by atoms with Crippen LogP contribution in [0.4, 0.5) is 9.18 Å². The lowest BCUT2D eigenvalue weighted by Crippen LogP contribution is -2.24. The number of urea groups is 1. The quantitative estimate of drug-likeness (QED) is 0.615. The SMILES string of the molecule is NC(=O)NN=Cc1cccc(F)c1Br. The van der Waals surface area contributed by atoms with Crippen molar-refractivity contribution in [3.05, 3.63) is 34.1 Å². The van der Waals surface area contributed by atoms with E-state index in [4.69, 9.17) is 5.73 Å². The van der Waals surface area contributed by atoms with E-state index in [9.17, 15) is 9.18 Å². The highest BCUT2D eigenvalue weighted by Crippen LogP contribution is 2.18. The van der Waals surface area contributed by atoms with Gasteiger partial charge in [0.15, 0.2) is 0 Å². The average Bonchev–Trinajstić information content (AvgIpc) is 2.12. The molecule has 1 aromatic carbocycles. The van der Waals surface area contributed by atoms with Gasteiger partial charge in [-0.05, 0) is 22.0 Å². The fourth-order valence-corrected chi connectivity index (χ4v) is 1.15. The molecule has 0 aliphatic rings. The minimum absolute atomic E-state index is 0.287. The summed E-state index contributed by atoms with van der Waals surface area (Å²) in [6.45, 7) is 0. The summed E-state index contributed by atoms with van der Waals surface area (Å²) in [6.07, 6.45) is 1.29. The van der Waals surface area contributed by atoms with Gasteiger partial charge in [-0.25, -0.2) is 14.6 Å². The van der Waals surface area contributed by atoms with Crippen LogP contribution in [-0.2, 0) is 0 Å². The van der Waals surface area contributed by atoms with Crippen molar-refractivity contribution in [3.63, 3.8) is 0 Å². The normalized spacial score (nSPS) is 10.4. The number of halogens is 2. The number of carbonyl (C=O) groups excluding carboxylic acids is 1. The van der Waals surface area contributed by atoms with Gasteiger partial charge in [0.25, 0.3) is 0 Å². The van der Waals surface area contributed by atoms with Gasteiger partial charge in [0.2, 0.25) is 0 Å². The predicted octanol–water partition coefficient (Wildman–Crippen LogP) is 1.59. The third-order valence-electron chi connectivity index (χ3n) is 1.36. The number of hydrogen-bond acceptors (Lipinski definition) is 2. The molecule has 0 saturated heterocycles. The molecule has 74 valence electrons. The number of primary amides is 1. The van der Waals surface area contributed by atoms with Crippen LogP contribution in [0.5, 0.6) is 0 Å². The smallest absolute Gasteiger partial charge is 0.332 e. The van der Waals surface area contributed by atoms with E-state index in [1.54, 1.807) is 6.07 Å². The highest BCUT2D eigenvalue weighted by Gasteiger charge is 2.01. The van der Waals surface area contributed by atoms with Gasteiger partial charge in [0.1, 0.15) is 5.82 Å². The Labute approximate surface area is 88.1 Å². The summed E-state index contributed by atoms with van der Waals surface area (Å²) in [5, 5.41) is 3.50. The largest absolute Gasteiger partial charge is 0.350 e. The second-order valence-corrected chi connectivity index (χ2v) is 3.17. The third kappa shape index (κ3) is 2.81. The summed E-state index contributed by atoms with van der Waals surface area (Å²) in [6, 6.07) is 3.71. The van der Waals surface area contributed by atoms with Crippen LogP contribution in [0.1, 0.15) is 5.56 Å². The summed E-state index contributed by atoms with van der Waals surface area (Å²) in [5.74, 6) is -0.395. The molecule has 0 unspecified atom stereocenters. The zero-order chi connectivity index (χ0) is 10.6. The molecule has 0 atom stereocenters. The number of amides is 2. The second-order valence-electron chi connectivity index (χ2n) is 2.38. The summed E-state index contributed by atoms with van der Waals surface area (Å²) in [7, 11) is 0. The van der Waals surface area contributed by atoms with Gasteiger partial charge in [-0.2, -0.15) is 5.10 Å². The van der Waals surface area contributed by atoms with Crippen molar-refractivity contribution in [2.45, 2.75) is 0 Å². The van der Waals surface area contributed by atoms with Crippen molar-refractivity contribution < 1.29 is 9.18 Å². The van der Waals surface area contributed by atoms with Crippen molar-refractivity contribution in [2.75, 3.05) is 0 Å². The van der Waals surface area contributed by atoms with Crippen molar-refractivity contribution in [3.8, 4) is 0 Å². The van der Waals surface area contributed by atoms with E-state index >= 15 is 0 Å². The Morgan fingerprint density at radius 2 is 2.36 bits per heavy atom. The second kappa shape index (κ2) is 4.71. The van der Waals surface area contributed by atoms with Crippen LogP contribution in [0.15, 0.2) is 27.8 Å². The van der Waals surface area contributed by atoms with Crippen molar-refractivity contribution in [2.24, 2.45) is 10.8 Å². The standard InChI is InChI=1S/C8H7BrFN3O/c9-7-5(2-1-3-6(7)10)4-12-13-8(11)14/h1-4H,(H3,11,13,14). The zero-order valence-corrected chi connectivity index (χ0v) is 8.58. The van der Waals surface area contributed by atoms with E-state index in [2.05, 4.69) is 21.0 Å². The Morgan fingerprint density at radius 3 is 3.00 bits per heavy atom. The van der Waals surface area contributed by atoms with Gasteiger partial charge in [-0.1, -0.05) is 12.1 Å². The average molecular weight is 260 g/mol. The van der Waals surface area contributed by atoms with E-state index in [0.717, 1.165) is 0 Å². The minimum Gasteiger partial charge on any atom is -0.350 e. The molecular weight excluding hydrogens is 253 g/mol. The lowest BCUT2D eigenvalue weighted by molar-refractivity contribution is 0.249. The Balaban J connectivity index is 2.81. The number of hydrazone groups is 1. The van der Waals surface area contributed by atoms with Crippen LogP contribution in [0.3, 0.4) is 0 Å². The molecule has 0 aromatic heterocycles. The first kappa shape index (κ1) is 10.6. The third-order valence-corrected chi connectivity index (χ3v) is 2.20. The summed E-state index contributed by atoms with van der Waals surface area (Å²) in [4.78, 5) is 10.3. The molecule has 0 saturated carbocycles. The molecule has 0 heterocycles. The molecule has 0 spiro atoms. The Bertz CT molecular complexity index is 381. The van der Waals surface area contributed by atoms with Gasteiger partial charge in [-0.15, -0.1) is 0 Å². The first-order chi connectivity index (χ1) is 6.61. The zero-order valence-electron chi connectivity index (χ0n) is 7.00. The number of rotatable bonds is 2. The highest BCUT2D eigenvalue weighted by atomic mass is 79.9. The lowest BCUT2D eigenvalue weighted by Gasteiger charge is -1.98. The van der Waals surface area contributed by atoms with Crippen LogP contribution >= 0.6 is 15.9 Å². The molecule has 6 heteroatoms. The van der Waals surface area contributed by atoms with E-state index in [-0.39, 0.29) is 4.47 Å². The number of nitrogens with zero attached hydrogens (tertiary/aromatic N) is 1. The molecule has 0 radical (unpaired) electrons. The molecule has 4 nitrogen and oxygen atoms in total. The van der Waals surface area contributed by atoms with Gasteiger partial charge in [0, 0.05) is 5.56 Å². The predicted molar refractivity (Wildman–Crippen MR) is 54.4 cm³/mol. The number of nitrogens with one attached hydrogen (secondary N) is 1. The topological polar surface area (TPSA) is 67.5 Å². The molecule has 0 aliphatic heterocycles. The van der Waals surface area contributed by atoms with Crippen LogP contribution in [0.2, 0.25) is 0 Å². The summed E-state index contributed by atoms with van der Waals surface area (Å²) in [5.41, 5.74) is 7.29. The van der Waals surface area contributed by atoms with Crippen molar-refractivity contribution in [1.82, 2.24) is 5.43 Å². The Kier molecular flexibility index (Phi) is 3.58. The molecule has 0 bridgehead atoms. The first-order valence-electron chi connectivity index (χ1n) is 3.64. The maximum Gasteiger partial charge on any atom is 0.332 e. The Hall–Kier alpha value is -1.43. The van der Waals surface area contributed by atoms with Crippen LogP contribution in [0, 0.1) is 5.82 Å². The maximum atomic E-state index is 12.9. The van der Waals surface area contributed by atoms with E-state index in [0.29, 0.717) is 5.56 Å². The van der Waals surface area contributed by atoms with E-state index in [1.165, 1.54) is 18.3 Å². The molecule has 1 rings (SSSR count). The monoisotopic (exact) mass is 259 g/mol. The van der Waals surface area contributed by atoms with E-state index < -0.39 is 11.8 Å². The molecule has 14 heavy (non-hydrogen) atoms. The molecule has 2 amide bonds. The molecular formula is C8H7BrFN3O. The minimum atomic E-state index is -0.770. The molecule has 0 fully saturated rings. The highest BCUT2D eigenvalue weighted by molar-refractivity contribution is 9.10. The summed E-state index contributed by atoms with van der Waals surface area (Å²) >= 11 is 3.04. The number of hydrogen-bond donors (Lipinski definition) is 2. The first-order valence-corrected chi connectivity index (χ1v) is 4.43. The number of nitrogens with two attached hydrogens (primary N) is 1. The van der Waals surface area contributed by atoms with Crippen LogP contribution < -0.4 is 11.2 Å². The molecule has 1 aromatic rings.